The molecule has 0 unspecified atom stereocenters. The first-order valence-corrected chi connectivity index (χ1v) is 21.4. The Morgan fingerprint density at radius 1 is 0.591 bits per heavy atom. The van der Waals surface area contributed by atoms with Gasteiger partial charge in [0, 0.05) is 133 Å². The van der Waals surface area contributed by atoms with E-state index in [4.69, 9.17) is 11.5 Å². The Morgan fingerprint density at radius 2 is 1.00 bits per heavy atom. The molecule has 66 heavy (non-hydrogen) atoms. The van der Waals surface area contributed by atoms with Crippen LogP contribution in [0.3, 0.4) is 0 Å². The molecule has 0 saturated heterocycles. The topological polar surface area (TPSA) is 204 Å². The molecule has 16 nitrogen and oxygen atoms in total. The highest BCUT2D eigenvalue weighted by atomic mass is 19.1. The molecular formula is C48H48F2N14O2. The van der Waals surface area contributed by atoms with Crippen LogP contribution >= 0.6 is 0 Å². The van der Waals surface area contributed by atoms with Crippen LogP contribution in [0.4, 0.5) is 43.4 Å². The third-order valence-corrected chi connectivity index (χ3v) is 12.3. The number of carbonyl (C=O) groups excluding carboxylic acids is 2. The SMILES string of the molecule is Cc1ccncc1-c1cc2cc(Nc3cc4n(n3)CC(=O)N(C)C[C@@H]4C)ncc2c(N)c1F.Cc1ccncc1-c1cc2cc(Nc3cc4n(n3)CC(=O)N(C)C[C@H]4C)ncc2c(N)c1F. The Morgan fingerprint density at radius 3 is 1.39 bits per heavy atom. The molecule has 0 spiro atoms. The summed E-state index contributed by atoms with van der Waals surface area (Å²) in [4.78, 5) is 45.0. The van der Waals surface area contributed by atoms with Gasteiger partial charge in [-0.15, -0.1) is 0 Å². The Balaban J connectivity index is 0.000000166. The van der Waals surface area contributed by atoms with Gasteiger partial charge in [-0.05, 0) is 72.1 Å². The lowest BCUT2D eigenvalue weighted by molar-refractivity contribution is -0.131. The Kier molecular flexibility index (Phi) is 11.2. The number of aromatic nitrogens is 8. The number of likely N-dealkylation sites (N-methyl/N-ethyl adjacent to an activating group) is 2. The molecule has 0 aliphatic carbocycles. The van der Waals surface area contributed by atoms with Crippen LogP contribution in [-0.2, 0) is 22.7 Å². The van der Waals surface area contributed by atoms with Gasteiger partial charge in [0.05, 0.1) is 11.4 Å². The van der Waals surface area contributed by atoms with E-state index in [1.165, 1.54) is 0 Å². The highest BCUT2D eigenvalue weighted by Gasteiger charge is 2.27. The number of amides is 2. The quantitative estimate of drug-likeness (QED) is 0.119. The van der Waals surface area contributed by atoms with E-state index in [-0.39, 0.29) is 48.1 Å². The zero-order valence-electron chi connectivity index (χ0n) is 37.3. The van der Waals surface area contributed by atoms with Gasteiger partial charge in [0.15, 0.2) is 23.3 Å². The highest BCUT2D eigenvalue weighted by Crippen LogP contribution is 2.37. The van der Waals surface area contributed by atoms with Crippen molar-refractivity contribution in [2.24, 2.45) is 0 Å². The molecule has 2 aliphatic rings. The van der Waals surface area contributed by atoms with E-state index in [0.29, 0.717) is 69.4 Å². The minimum absolute atomic E-state index is 0.0230. The summed E-state index contributed by atoms with van der Waals surface area (Å²) in [6.07, 6.45) is 9.73. The van der Waals surface area contributed by atoms with E-state index in [2.05, 4.69) is 54.6 Å². The lowest BCUT2D eigenvalue weighted by atomic mass is 9.98. The van der Waals surface area contributed by atoms with E-state index >= 15 is 8.78 Å². The number of hydrogen-bond acceptors (Lipinski definition) is 12. The Hall–Kier alpha value is -8.02. The number of fused-ring (bicyclic) bond motifs is 4. The van der Waals surface area contributed by atoms with Gasteiger partial charge in [-0.1, -0.05) is 13.8 Å². The van der Waals surface area contributed by atoms with E-state index in [1.54, 1.807) is 82.6 Å². The normalized spacial score (nSPS) is 16.1. The molecular weight excluding hydrogens is 843 g/mol. The second-order valence-corrected chi connectivity index (χ2v) is 17.1. The van der Waals surface area contributed by atoms with Crippen LogP contribution in [-0.4, -0.2) is 88.3 Å². The molecule has 6 N–H and O–H groups in total. The number of rotatable bonds is 6. The number of aryl methyl sites for hydroxylation is 2. The van der Waals surface area contributed by atoms with Crippen LogP contribution in [0, 0.1) is 25.5 Å². The molecule has 6 aromatic heterocycles. The predicted octanol–water partition coefficient (Wildman–Crippen LogP) is 7.68. The molecule has 0 radical (unpaired) electrons. The molecule has 0 saturated carbocycles. The summed E-state index contributed by atoms with van der Waals surface area (Å²) < 4.78 is 33.6. The number of nitrogens with one attached hydrogen (secondary N) is 2. The lowest BCUT2D eigenvalue weighted by Crippen LogP contribution is -2.29. The number of nitrogens with zero attached hydrogens (tertiary/aromatic N) is 10. The molecule has 18 heteroatoms. The van der Waals surface area contributed by atoms with Crippen molar-refractivity contribution < 1.29 is 18.4 Å². The molecule has 0 fully saturated rings. The van der Waals surface area contributed by atoms with Gasteiger partial charge in [0.25, 0.3) is 0 Å². The van der Waals surface area contributed by atoms with E-state index < -0.39 is 11.6 Å². The molecule has 8 heterocycles. The van der Waals surface area contributed by atoms with Crippen LogP contribution in [0.25, 0.3) is 43.8 Å². The Bertz CT molecular complexity index is 3010. The van der Waals surface area contributed by atoms with Crippen molar-refractivity contribution in [3.8, 4) is 22.3 Å². The fourth-order valence-electron chi connectivity index (χ4n) is 8.62. The zero-order chi connectivity index (χ0) is 46.6. The first-order chi connectivity index (χ1) is 31.6. The van der Waals surface area contributed by atoms with Crippen molar-refractivity contribution in [2.45, 2.75) is 52.6 Å². The van der Waals surface area contributed by atoms with Gasteiger partial charge in [-0.25, -0.2) is 18.7 Å². The zero-order valence-corrected chi connectivity index (χ0v) is 37.3. The van der Waals surface area contributed by atoms with E-state index in [0.717, 1.165) is 33.3 Å². The van der Waals surface area contributed by atoms with Crippen molar-refractivity contribution in [1.29, 1.82) is 0 Å². The number of nitrogens with two attached hydrogens (primary N) is 2. The fourth-order valence-corrected chi connectivity index (χ4v) is 8.62. The second kappa shape index (κ2) is 17.2. The maximum Gasteiger partial charge on any atom is 0.244 e. The van der Waals surface area contributed by atoms with Crippen LogP contribution in [0.5, 0.6) is 0 Å². The number of carbonyl (C=O) groups is 2. The summed E-state index contributed by atoms with van der Waals surface area (Å²) in [7, 11) is 3.61. The molecule has 8 aromatic rings. The minimum Gasteiger partial charge on any atom is -0.396 e. The summed E-state index contributed by atoms with van der Waals surface area (Å²) in [5, 5.41) is 18.1. The van der Waals surface area contributed by atoms with E-state index in [9.17, 15) is 9.59 Å². The average molecular weight is 891 g/mol. The monoisotopic (exact) mass is 890 g/mol. The van der Waals surface area contributed by atoms with Crippen molar-refractivity contribution in [3.05, 3.63) is 120 Å². The highest BCUT2D eigenvalue weighted by molar-refractivity contribution is 5.99. The standard InChI is InChI=1S/2C24H24FN7O/c2*1-13-4-5-27-9-17(13)16-6-15-7-20(28-10-18(15)24(26)23(16)25)29-21-8-19-14(2)11-31(3)22(33)12-32(19)30-21/h2*4-10,14H,11-12,26H2,1-3H3,(H,28,29,30)/t2*14-/m10/s1. The predicted molar refractivity (Wildman–Crippen MR) is 251 cm³/mol. The van der Waals surface area contributed by atoms with Crippen LogP contribution in [0.15, 0.2) is 85.7 Å². The maximum absolute atomic E-state index is 15.1. The van der Waals surface area contributed by atoms with Gasteiger partial charge in [-0.3, -0.25) is 28.9 Å². The summed E-state index contributed by atoms with van der Waals surface area (Å²) in [6.45, 7) is 9.63. The first-order valence-electron chi connectivity index (χ1n) is 21.4. The summed E-state index contributed by atoms with van der Waals surface area (Å²) in [6, 6.07) is 14.7. The molecule has 2 amide bonds. The fraction of sp³-hybridized carbons (Fsp3) is 0.250. The van der Waals surface area contributed by atoms with Crippen LogP contribution < -0.4 is 22.1 Å². The average Bonchev–Trinajstić information content (AvgIpc) is 3.84. The maximum atomic E-state index is 15.1. The molecule has 0 bridgehead atoms. The summed E-state index contributed by atoms with van der Waals surface area (Å²) >= 11 is 0. The molecule has 336 valence electrons. The lowest BCUT2D eigenvalue weighted by Gasteiger charge is -2.16. The van der Waals surface area contributed by atoms with Crippen molar-refractivity contribution in [2.75, 3.05) is 49.3 Å². The summed E-state index contributed by atoms with van der Waals surface area (Å²) in [5.74, 6) is 1.68. The van der Waals surface area contributed by atoms with Gasteiger partial charge >= 0.3 is 0 Å². The molecule has 2 atom stereocenters. The van der Waals surface area contributed by atoms with Crippen LogP contribution in [0.1, 0.15) is 48.2 Å². The van der Waals surface area contributed by atoms with Crippen molar-refractivity contribution in [1.82, 2.24) is 49.3 Å². The number of halogens is 2. The van der Waals surface area contributed by atoms with Crippen molar-refractivity contribution in [3.63, 3.8) is 0 Å². The summed E-state index contributed by atoms with van der Waals surface area (Å²) in [5.41, 5.74) is 18.3. The molecule has 2 aliphatic heterocycles. The largest absolute Gasteiger partial charge is 0.396 e. The number of anilines is 6. The number of nitrogen functional groups attached to an aromatic ring is 2. The van der Waals surface area contributed by atoms with E-state index in [1.807, 2.05) is 50.2 Å². The minimum atomic E-state index is -0.484. The van der Waals surface area contributed by atoms with Gasteiger partial charge < -0.3 is 31.9 Å². The smallest absolute Gasteiger partial charge is 0.244 e. The second-order valence-electron chi connectivity index (χ2n) is 17.1. The third kappa shape index (κ3) is 8.16. The third-order valence-electron chi connectivity index (χ3n) is 12.3. The number of pyridine rings is 4. The first kappa shape index (κ1) is 43.2. The van der Waals surface area contributed by atoms with Crippen molar-refractivity contribution >= 4 is 68.0 Å². The molecule has 10 rings (SSSR count). The Labute approximate surface area is 378 Å². The van der Waals surface area contributed by atoms with Gasteiger partial charge in [0.1, 0.15) is 24.7 Å². The number of benzene rings is 2. The van der Waals surface area contributed by atoms with Gasteiger partial charge in [0.2, 0.25) is 11.8 Å². The number of hydrogen-bond donors (Lipinski definition) is 4. The molecule has 2 aromatic carbocycles. The van der Waals surface area contributed by atoms with Gasteiger partial charge in [-0.2, -0.15) is 10.2 Å². The van der Waals surface area contributed by atoms with Crippen LogP contribution in [0.2, 0.25) is 0 Å².